The summed E-state index contributed by atoms with van der Waals surface area (Å²) in [5.74, 6) is 0.768. The number of hydrogen-bond acceptors (Lipinski definition) is 5. The topological polar surface area (TPSA) is 50.1 Å². The Morgan fingerprint density at radius 3 is 2.68 bits per heavy atom. The van der Waals surface area contributed by atoms with Crippen LogP contribution in [-0.2, 0) is 13.6 Å². The van der Waals surface area contributed by atoms with E-state index in [0.29, 0.717) is 0 Å². The molecular formula is C18H21FN6. The number of halogens is 1. The Balaban J connectivity index is 1.49. The van der Waals surface area contributed by atoms with Crippen LogP contribution in [0.4, 0.5) is 10.2 Å². The molecule has 0 amide bonds. The summed E-state index contributed by atoms with van der Waals surface area (Å²) >= 11 is 0. The molecule has 0 saturated carbocycles. The van der Waals surface area contributed by atoms with Crippen LogP contribution in [0.15, 0.2) is 30.6 Å². The second kappa shape index (κ2) is 6.40. The zero-order chi connectivity index (χ0) is 17.4. The summed E-state index contributed by atoms with van der Waals surface area (Å²) < 4.78 is 15.2. The zero-order valence-corrected chi connectivity index (χ0v) is 14.5. The van der Waals surface area contributed by atoms with Crippen molar-refractivity contribution in [1.82, 2.24) is 24.6 Å². The van der Waals surface area contributed by atoms with Gasteiger partial charge < -0.3 is 4.90 Å². The lowest BCUT2D eigenvalue weighted by atomic mass is 10.2. The normalized spacial score (nSPS) is 15.9. The Hall–Kier alpha value is -2.54. The summed E-state index contributed by atoms with van der Waals surface area (Å²) in [7, 11) is 1.93. The van der Waals surface area contributed by atoms with Crippen LogP contribution >= 0.6 is 0 Å². The molecule has 0 aliphatic carbocycles. The van der Waals surface area contributed by atoms with E-state index in [1.165, 1.54) is 6.07 Å². The fourth-order valence-corrected chi connectivity index (χ4v) is 3.50. The van der Waals surface area contributed by atoms with E-state index in [4.69, 9.17) is 0 Å². The number of aryl methyl sites for hydroxylation is 2. The van der Waals surface area contributed by atoms with Crippen LogP contribution in [0.25, 0.3) is 11.0 Å². The third-order valence-corrected chi connectivity index (χ3v) is 4.74. The molecule has 0 spiro atoms. The Bertz CT molecular complexity index is 898. The number of aromatic nitrogens is 4. The highest BCUT2D eigenvalue weighted by atomic mass is 19.1. The fraction of sp³-hybridized carbons (Fsp3) is 0.389. The van der Waals surface area contributed by atoms with Crippen molar-refractivity contribution in [3.63, 3.8) is 0 Å². The molecule has 2 aromatic heterocycles. The molecule has 1 fully saturated rings. The van der Waals surface area contributed by atoms with Crippen LogP contribution in [0.5, 0.6) is 0 Å². The molecule has 0 atom stereocenters. The van der Waals surface area contributed by atoms with Gasteiger partial charge in [0.2, 0.25) is 0 Å². The van der Waals surface area contributed by atoms with Crippen molar-refractivity contribution in [3.8, 4) is 0 Å². The molecular weight excluding hydrogens is 319 g/mol. The summed E-state index contributed by atoms with van der Waals surface area (Å²) in [6, 6.07) is 6.83. The van der Waals surface area contributed by atoms with E-state index in [9.17, 15) is 4.39 Å². The summed E-state index contributed by atoms with van der Waals surface area (Å²) in [5, 5.41) is 4.47. The maximum absolute atomic E-state index is 13.3. The van der Waals surface area contributed by atoms with Gasteiger partial charge in [0.15, 0.2) is 5.82 Å². The standard InChI is InChI=1S/C18H21FN6/c1-13-16-17(23(2)22-13)18(21-12-20-16)25-8-6-24(7-9-25)11-14-4-3-5-15(19)10-14/h3-5,10,12H,6-9,11H2,1-2H3. The van der Waals surface area contributed by atoms with Crippen LogP contribution < -0.4 is 4.90 Å². The van der Waals surface area contributed by atoms with Gasteiger partial charge in [-0.3, -0.25) is 9.58 Å². The van der Waals surface area contributed by atoms with Crippen molar-refractivity contribution in [2.75, 3.05) is 31.1 Å². The van der Waals surface area contributed by atoms with Gasteiger partial charge in [0.25, 0.3) is 0 Å². The molecule has 1 aliphatic rings. The van der Waals surface area contributed by atoms with Crippen molar-refractivity contribution in [2.45, 2.75) is 13.5 Å². The lowest BCUT2D eigenvalue weighted by molar-refractivity contribution is 0.249. The van der Waals surface area contributed by atoms with Gasteiger partial charge >= 0.3 is 0 Å². The zero-order valence-electron chi connectivity index (χ0n) is 14.5. The fourth-order valence-electron chi connectivity index (χ4n) is 3.50. The number of piperazine rings is 1. The number of benzene rings is 1. The Kier molecular flexibility index (Phi) is 4.09. The van der Waals surface area contributed by atoms with Crippen LogP contribution in [-0.4, -0.2) is 50.8 Å². The molecule has 1 aromatic carbocycles. The van der Waals surface area contributed by atoms with E-state index >= 15 is 0 Å². The minimum Gasteiger partial charge on any atom is -0.352 e. The number of anilines is 1. The van der Waals surface area contributed by atoms with Gasteiger partial charge in [-0.2, -0.15) is 5.10 Å². The SMILES string of the molecule is Cc1nn(C)c2c(N3CCN(Cc4cccc(F)c4)CC3)ncnc12. The van der Waals surface area contributed by atoms with E-state index in [-0.39, 0.29) is 5.82 Å². The molecule has 1 saturated heterocycles. The maximum Gasteiger partial charge on any atom is 0.158 e. The maximum atomic E-state index is 13.3. The van der Waals surface area contributed by atoms with Gasteiger partial charge in [0.05, 0.1) is 5.69 Å². The third kappa shape index (κ3) is 3.07. The number of fused-ring (bicyclic) bond motifs is 1. The van der Waals surface area contributed by atoms with Crippen molar-refractivity contribution in [3.05, 3.63) is 47.7 Å². The van der Waals surface area contributed by atoms with Crippen LogP contribution in [0.2, 0.25) is 0 Å². The highest BCUT2D eigenvalue weighted by Gasteiger charge is 2.22. The molecule has 0 bridgehead atoms. The van der Waals surface area contributed by atoms with E-state index in [1.807, 2.05) is 24.7 Å². The highest BCUT2D eigenvalue weighted by molar-refractivity contribution is 5.87. The largest absolute Gasteiger partial charge is 0.352 e. The van der Waals surface area contributed by atoms with Crippen molar-refractivity contribution >= 4 is 16.9 Å². The monoisotopic (exact) mass is 340 g/mol. The first kappa shape index (κ1) is 16.0. The molecule has 130 valence electrons. The van der Waals surface area contributed by atoms with Gasteiger partial charge in [0.1, 0.15) is 23.2 Å². The molecule has 0 radical (unpaired) electrons. The Labute approximate surface area is 145 Å². The van der Waals surface area contributed by atoms with E-state index in [1.54, 1.807) is 18.5 Å². The Morgan fingerprint density at radius 1 is 1.12 bits per heavy atom. The molecule has 1 aliphatic heterocycles. The number of nitrogens with zero attached hydrogens (tertiary/aromatic N) is 6. The van der Waals surface area contributed by atoms with Gasteiger partial charge in [-0.25, -0.2) is 14.4 Å². The second-order valence-corrected chi connectivity index (χ2v) is 6.50. The smallest absolute Gasteiger partial charge is 0.158 e. The molecule has 25 heavy (non-hydrogen) atoms. The van der Waals surface area contributed by atoms with Gasteiger partial charge in [0, 0.05) is 39.8 Å². The Morgan fingerprint density at radius 2 is 1.92 bits per heavy atom. The molecule has 7 heteroatoms. The van der Waals surface area contributed by atoms with Crippen LogP contribution in [0.3, 0.4) is 0 Å². The lowest BCUT2D eigenvalue weighted by Crippen LogP contribution is -2.46. The second-order valence-electron chi connectivity index (χ2n) is 6.50. The third-order valence-electron chi connectivity index (χ3n) is 4.74. The van der Waals surface area contributed by atoms with Gasteiger partial charge in [-0.1, -0.05) is 12.1 Å². The number of hydrogen-bond donors (Lipinski definition) is 0. The number of rotatable bonds is 3. The predicted molar refractivity (Wildman–Crippen MR) is 94.9 cm³/mol. The van der Waals surface area contributed by atoms with Crippen molar-refractivity contribution in [2.24, 2.45) is 7.05 Å². The summed E-state index contributed by atoms with van der Waals surface area (Å²) in [4.78, 5) is 13.5. The summed E-state index contributed by atoms with van der Waals surface area (Å²) in [6.07, 6.45) is 1.62. The average molecular weight is 340 g/mol. The van der Waals surface area contributed by atoms with Crippen LogP contribution in [0, 0.1) is 12.7 Å². The first-order chi connectivity index (χ1) is 12.1. The van der Waals surface area contributed by atoms with E-state index < -0.39 is 0 Å². The summed E-state index contributed by atoms with van der Waals surface area (Å²) in [6.45, 7) is 6.33. The van der Waals surface area contributed by atoms with Crippen molar-refractivity contribution < 1.29 is 4.39 Å². The molecule has 0 unspecified atom stereocenters. The van der Waals surface area contributed by atoms with Gasteiger partial charge in [-0.05, 0) is 24.6 Å². The minimum absolute atomic E-state index is 0.175. The molecule has 4 rings (SSSR count). The van der Waals surface area contributed by atoms with Crippen LogP contribution in [0.1, 0.15) is 11.3 Å². The molecule has 3 heterocycles. The summed E-state index contributed by atoms with van der Waals surface area (Å²) in [5.41, 5.74) is 3.83. The molecule has 6 nitrogen and oxygen atoms in total. The average Bonchev–Trinajstić information content (AvgIpc) is 2.90. The van der Waals surface area contributed by atoms with Gasteiger partial charge in [-0.15, -0.1) is 0 Å². The van der Waals surface area contributed by atoms with Crippen molar-refractivity contribution in [1.29, 1.82) is 0 Å². The highest BCUT2D eigenvalue weighted by Crippen LogP contribution is 2.25. The first-order valence-electron chi connectivity index (χ1n) is 8.48. The van der Waals surface area contributed by atoms with E-state index in [2.05, 4.69) is 24.9 Å². The lowest BCUT2D eigenvalue weighted by Gasteiger charge is -2.35. The first-order valence-corrected chi connectivity index (χ1v) is 8.48. The minimum atomic E-state index is -0.175. The van der Waals surface area contributed by atoms with E-state index in [0.717, 1.165) is 60.8 Å². The molecule has 0 N–H and O–H groups in total. The quantitative estimate of drug-likeness (QED) is 0.731. The predicted octanol–water partition coefficient (Wildman–Crippen LogP) is 2.13. The molecule has 3 aromatic rings.